The largest absolute Gasteiger partial charge is 0.502 e. The van der Waals surface area contributed by atoms with Crippen molar-refractivity contribution in [2.24, 2.45) is 0 Å². The summed E-state index contributed by atoms with van der Waals surface area (Å²) in [5, 5.41) is 12.6. The van der Waals surface area contributed by atoms with E-state index in [1.807, 2.05) is 61.3 Å². The molecule has 1 amide bonds. The Hall–Kier alpha value is -4.07. The third kappa shape index (κ3) is 3.92. The van der Waals surface area contributed by atoms with E-state index in [1.165, 1.54) is 23.0 Å². The highest BCUT2D eigenvalue weighted by molar-refractivity contribution is 5.96. The lowest BCUT2D eigenvalue weighted by Crippen LogP contribution is -2.58. The fourth-order valence-corrected chi connectivity index (χ4v) is 5.08. The van der Waals surface area contributed by atoms with Gasteiger partial charge in [-0.3, -0.25) is 19.3 Å². The predicted molar refractivity (Wildman–Crippen MR) is 134 cm³/mol. The molecule has 8 heteroatoms. The van der Waals surface area contributed by atoms with Crippen LogP contribution in [0.3, 0.4) is 0 Å². The van der Waals surface area contributed by atoms with Crippen LogP contribution in [-0.4, -0.2) is 39.9 Å². The molecular weight excluding hydrogens is 461 g/mol. The first kappa shape index (κ1) is 23.7. The predicted octanol–water partition coefficient (Wildman–Crippen LogP) is 4.26. The number of pyridine rings is 1. The first-order valence-electron chi connectivity index (χ1n) is 12.1. The van der Waals surface area contributed by atoms with Crippen LogP contribution in [0.2, 0.25) is 0 Å². The second-order valence-electron chi connectivity index (χ2n) is 9.08. The molecule has 2 aliphatic rings. The number of benzene rings is 2. The molecule has 2 bridgehead atoms. The van der Waals surface area contributed by atoms with Crippen molar-refractivity contribution in [1.82, 2.24) is 9.58 Å². The summed E-state index contributed by atoms with van der Waals surface area (Å²) < 4.78 is 22.7. The Labute approximate surface area is 208 Å². The molecule has 0 saturated carbocycles. The molecule has 2 aromatic carbocycles. The zero-order valence-electron chi connectivity index (χ0n) is 20.2. The van der Waals surface area contributed by atoms with Crippen LogP contribution in [0, 0.1) is 12.7 Å². The van der Waals surface area contributed by atoms with Crippen molar-refractivity contribution in [2.45, 2.75) is 38.8 Å². The van der Waals surface area contributed by atoms with Gasteiger partial charge in [-0.05, 0) is 37.0 Å². The summed E-state index contributed by atoms with van der Waals surface area (Å²) in [4.78, 5) is 27.8. The number of aromatic nitrogens is 1. The van der Waals surface area contributed by atoms with Gasteiger partial charge < -0.3 is 14.7 Å². The number of amides is 1. The van der Waals surface area contributed by atoms with Gasteiger partial charge in [0.1, 0.15) is 19.3 Å². The van der Waals surface area contributed by atoms with Gasteiger partial charge in [0.15, 0.2) is 23.0 Å². The maximum Gasteiger partial charge on any atom is 0.278 e. The molecule has 0 unspecified atom stereocenters. The molecule has 5 rings (SSSR count). The Morgan fingerprint density at radius 2 is 1.83 bits per heavy atom. The standard InChI is InChI=1S/C28H28FN3O4/c1-3-19-10-6-7-16-36-27-21(12-8-13-22(27)29)24(20-11-5-4-9-18(20)2)32-17-30(19)28(35)25-26(34)23(33)14-15-31(25)32/h4-9,11-15,19,24,34H,3,10,16-17H2,1-2H3/b7-6+/t19-,24-/m0/s1. The highest BCUT2D eigenvalue weighted by atomic mass is 19.1. The van der Waals surface area contributed by atoms with E-state index in [9.17, 15) is 14.7 Å². The third-order valence-corrected chi connectivity index (χ3v) is 6.98. The lowest BCUT2D eigenvalue weighted by Gasteiger charge is -2.46. The molecule has 186 valence electrons. The highest BCUT2D eigenvalue weighted by Gasteiger charge is 2.40. The molecule has 3 heterocycles. The molecule has 1 N–H and O–H groups in total. The van der Waals surface area contributed by atoms with Gasteiger partial charge >= 0.3 is 0 Å². The molecule has 0 aliphatic carbocycles. The number of hydrogen-bond acceptors (Lipinski definition) is 5. The van der Waals surface area contributed by atoms with Gasteiger partial charge in [-0.15, -0.1) is 0 Å². The van der Waals surface area contributed by atoms with Gasteiger partial charge in [-0.1, -0.05) is 55.5 Å². The van der Waals surface area contributed by atoms with E-state index in [2.05, 4.69) is 0 Å². The highest BCUT2D eigenvalue weighted by Crippen LogP contribution is 2.39. The second kappa shape index (κ2) is 9.53. The van der Waals surface area contributed by atoms with Crippen LogP contribution in [-0.2, 0) is 0 Å². The Morgan fingerprint density at radius 1 is 1.06 bits per heavy atom. The molecule has 0 radical (unpaired) electrons. The number of carbonyl (C=O) groups excluding carboxylic acids is 1. The van der Waals surface area contributed by atoms with Crippen molar-refractivity contribution in [3.8, 4) is 11.5 Å². The molecule has 2 atom stereocenters. The van der Waals surface area contributed by atoms with Crippen molar-refractivity contribution in [3.05, 3.63) is 105 Å². The van der Waals surface area contributed by atoms with Crippen molar-refractivity contribution in [1.29, 1.82) is 0 Å². The van der Waals surface area contributed by atoms with Crippen LogP contribution in [0.5, 0.6) is 11.5 Å². The van der Waals surface area contributed by atoms with E-state index >= 15 is 4.39 Å². The number of para-hydroxylation sites is 1. The molecule has 1 aromatic heterocycles. The lowest BCUT2D eigenvalue weighted by atomic mass is 9.93. The minimum atomic E-state index is -0.632. The average molecular weight is 490 g/mol. The minimum absolute atomic E-state index is 0.106. The second-order valence-corrected chi connectivity index (χ2v) is 9.08. The normalized spacial score (nSPS) is 20.5. The van der Waals surface area contributed by atoms with Crippen molar-refractivity contribution >= 4 is 5.91 Å². The Bertz CT molecular complexity index is 1400. The lowest BCUT2D eigenvalue weighted by molar-refractivity contribution is 0.0584. The molecule has 0 spiro atoms. The smallest absolute Gasteiger partial charge is 0.278 e. The van der Waals surface area contributed by atoms with Crippen LogP contribution in [0.1, 0.15) is 53.0 Å². The fraction of sp³-hybridized carbons (Fsp3) is 0.286. The van der Waals surface area contributed by atoms with E-state index in [0.29, 0.717) is 18.4 Å². The van der Waals surface area contributed by atoms with Crippen LogP contribution in [0.4, 0.5) is 4.39 Å². The summed E-state index contributed by atoms with van der Waals surface area (Å²) in [6.45, 7) is 4.31. The van der Waals surface area contributed by atoms with E-state index in [0.717, 1.165) is 11.1 Å². The topological polar surface area (TPSA) is 75.0 Å². The fourth-order valence-electron chi connectivity index (χ4n) is 5.08. The van der Waals surface area contributed by atoms with Gasteiger partial charge in [0.2, 0.25) is 5.43 Å². The number of aryl methyl sites for hydroxylation is 1. The Balaban J connectivity index is 1.84. The SMILES string of the molecule is CC[C@H]1C/C=C/COc2c(F)cccc2[C@H](c2ccccc2C)N2CN1C(=O)c1c(O)c(=O)ccn12. The van der Waals surface area contributed by atoms with E-state index in [1.54, 1.807) is 11.0 Å². The number of carbonyl (C=O) groups is 1. The number of nitrogens with zero attached hydrogens (tertiary/aromatic N) is 3. The number of rotatable bonds is 2. The van der Waals surface area contributed by atoms with E-state index in [4.69, 9.17) is 4.74 Å². The molecule has 2 aliphatic heterocycles. The number of hydrogen-bond donors (Lipinski definition) is 1. The van der Waals surface area contributed by atoms with Crippen molar-refractivity contribution in [2.75, 3.05) is 18.3 Å². The molecule has 36 heavy (non-hydrogen) atoms. The molecule has 0 fully saturated rings. The number of aromatic hydroxyl groups is 1. The summed E-state index contributed by atoms with van der Waals surface area (Å²) in [7, 11) is 0. The molecule has 3 aromatic rings. The molecule has 0 saturated heterocycles. The number of halogens is 1. The summed E-state index contributed by atoms with van der Waals surface area (Å²) in [6.07, 6.45) is 6.45. The van der Waals surface area contributed by atoms with Gasteiger partial charge in [0, 0.05) is 23.9 Å². The maximum atomic E-state index is 15.2. The zero-order chi connectivity index (χ0) is 25.4. The number of fused-ring (bicyclic) bond motifs is 5. The average Bonchev–Trinajstić information content (AvgIpc) is 2.86. The number of ether oxygens (including phenoxy) is 1. The quantitative estimate of drug-likeness (QED) is 0.545. The van der Waals surface area contributed by atoms with Crippen LogP contribution >= 0.6 is 0 Å². The van der Waals surface area contributed by atoms with Crippen LogP contribution < -0.4 is 15.2 Å². The van der Waals surface area contributed by atoms with Crippen LogP contribution in [0.15, 0.2) is 71.7 Å². The maximum absolute atomic E-state index is 15.2. The van der Waals surface area contributed by atoms with Gasteiger partial charge in [0.25, 0.3) is 5.91 Å². The molecular formula is C28H28FN3O4. The van der Waals surface area contributed by atoms with E-state index in [-0.39, 0.29) is 30.8 Å². The first-order chi connectivity index (χ1) is 17.4. The van der Waals surface area contributed by atoms with Gasteiger partial charge in [0.05, 0.1) is 0 Å². The molecule has 7 nitrogen and oxygen atoms in total. The van der Waals surface area contributed by atoms with Crippen molar-refractivity contribution in [3.63, 3.8) is 0 Å². The minimum Gasteiger partial charge on any atom is -0.502 e. The summed E-state index contributed by atoms with van der Waals surface area (Å²) in [5.74, 6) is -1.39. The van der Waals surface area contributed by atoms with Gasteiger partial charge in [-0.25, -0.2) is 4.39 Å². The summed E-state index contributed by atoms with van der Waals surface area (Å²) in [5.41, 5.74) is 1.68. The van der Waals surface area contributed by atoms with Crippen LogP contribution in [0.25, 0.3) is 0 Å². The van der Waals surface area contributed by atoms with Gasteiger partial charge in [-0.2, -0.15) is 0 Å². The Kier molecular flexibility index (Phi) is 6.26. The summed E-state index contributed by atoms with van der Waals surface area (Å²) in [6, 6.07) is 13.0. The first-order valence-corrected chi connectivity index (χ1v) is 12.1. The summed E-state index contributed by atoms with van der Waals surface area (Å²) >= 11 is 0. The zero-order valence-corrected chi connectivity index (χ0v) is 20.2. The van der Waals surface area contributed by atoms with Crippen molar-refractivity contribution < 1.29 is 19.0 Å². The van der Waals surface area contributed by atoms with E-state index < -0.39 is 28.9 Å². The third-order valence-electron chi connectivity index (χ3n) is 6.98. The Morgan fingerprint density at radius 3 is 2.61 bits per heavy atom. The monoisotopic (exact) mass is 489 g/mol.